The predicted molar refractivity (Wildman–Crippen MR) is 162 cm³/mol. The normalized spacial score (nSPS) is 11.7. The number of aliphatic hydroxyl groups is 1. The maximum absolute atomic E-state index is 12.2. The van der Waals surface area contributed by atoms with Gasteiger partial charge in [-0.25, -0.2) is 8.42 Å². The number of aliphatic hydroxyl groups excluding tert-OH is 1. The Morgan fingerprint density at radius 3 is 2.22 bits per heavy atom. The van der Waals surface area contributed by atoms with E-state index in [2.05, 4.69) is 18.8 Å². The van der Waals surface area contributed by atoms with Crippen molar-refractivity contribution in [1.29, 1.82) is 0 Å². The summed E-state index contributed by atoms with van der Waals surface area (Å²) >= 11 is 1.20. The molecule has 214 valence electrons. The molecule has 1 atom stereocenters. The van der Waals surface area contributed by atoms with Gasteiger partial charge in [0, 0.05) is 21.8 Å². The summed E-state index contributed by atoms with van der Waals surface area (Å²) in [4.78, 5) is 0.823. The van der Waals surface area contributed by atoms with E-state index in [1.807, 2.05) is 31.2 Å². The van der Waals surface area contributed by atoms with E-state index in [9.17, 15) is 18.1 Å². The van der Waals surface area contributed by atoms with Crippen LogP contribution in [0.25, 0.3) is 11.1 Å². The second kappa shape index (κ2) is 18.7. The number of hydrogen-bond acceptors (Lipinski definition) is 6. The van der Waals surface area contributed by atoms with Crippen LogP contribution in [-0.4, -0.2) is 24.7 Å². The van der Waals surface area contributed by atoms with Crippen LogP contribution in [0.2, 0.25) is 0 Å². The van der Waals surface area contributed by atoms with Crippen LogP contribution in [-0.2, 0) is 10.1 Å². The van der Waals surface area contributed by atoms with Gasteiger partial charge in [0.15, 0.2) is 0 Å². The Morgan fingerprint density at radius 1 is 0.902 bits per heavy atom. The molecule has 0 fully saturated rings. The fourth-order valence-electron chi connectivity index (χ4n) is 4.45. The third kappa shape index (κ3) is 11.8. The van der Waals surface area contributed by atoms with Crippen LogP contribution in [0.5, 0.6) is 5.75 Å². The van der Waals surface area contributed by atoms with E-state index in [1.165, 1.54) is 56.4 Å². The molecular weight excluding hydrogens is 563 g/mol. The largest absolute Gasteiger partial charge is 1.00 e. The first-order chi connectivity index (χ1) is 19.3. The number of hydrogen-bond donors (Lipinski definition) is 1. The van der Waals surface area contributed by atoms with Crippen molar-refractivity contribution in [2.75, 3.05) is 6.61 Å². The fraction of sp³-hybridized carbons (Fsp3) is 0.394. The zero-order valence-electron chi connectivity index (χ0n) is 24.4. The minimum absolute atomic E-state index is 0. The first kappa shape index (κ1) is 35.4. The topological polar surface area (TPSA) is 86.7 Å². The van der Waals surface area contributed by atoms with Crippen molar-refractivity contribution < 1.29 is 52.4 Å². The molecule has 5 nitrogen and oxygen atoms in total. The summed E-state index contributed by atoms with van der Waals surface area (Å²) < 4.78 is 42.2. The van der Waals surface area contributed by atoms with Crippen molar-refractivity contribution in [3.05, 3.63) is 72.3 Å². The molecule has 3 rings (SSSR count). The molecule has 3 aromatic carbocycles. The number of rotatable bonds is 15. The molecule has 3 aromatic rings. The third-order valence-corrected chi connectivity index (χ3v) is 8.63. The molecule has 0 aliphatic carbocycles. The fourth-order valence-corrected chi connectivity index (χ4v) is 6.28. The van der Waals surface area contributed by atoms with Gasteiger partial charge in [0.25, 0.3) is 0 Å². The Hall–Kier alpha value is -1.76. The summed E-state index contributed by atoms with van der Waals surface area (Å²) in [6.45, 7) is 4.67. The van der Waals surface area contributed by atoms with Gasteiger partial charge >= 0.3 is 29.6 Å². The molecular formula is C33H39NaO5S2. The summed E-state index contributed by atoms with van der Waals surface area (Å²) in [7, 11) is -4.75. The first-order valence-corrected chi connectivity index (χ1v) is 16.3. The van der Waals surface area contributed by atoms with Crippen molar-refractivity contribution >= 4 is 21.9 Å². The SMILES string of the molecule is CCCCCCCCCCC#CC(O)c1ccccc1-c1ccc(Sc2ccc(OCC)cc2)c(S(=O)(=O)[O-])c1.[Na+]. The van der Waals surface area contributed by atoms with Crippen molar-refractivity contribution in [3.63, 3.8) is 0 Å². The van der Waals surface area contributed by atoms with Crippen LogP contribution in [0.3, 0.4) is 0 Å². The minimum atomic E-state index is -4.75. The molecule has 0 radical (unpaired) electrons. The second-order valence-corrected chi connectivity index (χ2v) is 12.1. The van der Waals surface area contributed by atoms with Crippen molar-refractivity contribution in [3.8, 4) is 28.7 Å². The molecule has 0 aliphatic heterocycles. The van der Waals surface area contributed by atoms with Crippen LogP contribution >= 0.6 is 11.8 Å². The third-order valence-electron chi connectivity index (χ3n) is 6.54. The van der Waals surface area contributed by atoms with Crippen LogP contribution in [0.4, 0.5) is 0 Å². The quantitative estimate of drug-likeness (QED) is 0.109. The molecule has 0 amide bonds. The molecule has 8 heteroatoms. The molecule has 0 saturated carbocycles. The van der Waals surface area contributed by atoms with E-state index in [-0.39, 0.29) is 34.5 Å². The minimum Gasteiger partial charge on any atom is -0.744 e. The molecule has 0 saturated heterocycles. The molecule has 0 spiro atoms. The second-order valence-electron chi connectivity index (χ2n) is 9.66. The van der Waals surface area contributed by atoms with Gasteiger partial charge in [-0.15, -0.1) is 5.92 Å². The summed E-state index contributed by atoms with van der Waals surface area (Å²) in [6, 6.07) is 19.2. The van der Waals surface area contributed by atoms with Gasteiger partial charge in [-0.1, -0.05) is 99.9 Å². The van der Waals surface area contributed by atoms with Gasteiger partial charge in [0.1, 0.15) is 22.0 Å². The van der Waals surface area contributed by atoms with Gasteiger partial charge in [0.2, 0.25) is 0 Å². The van der Waals surface area contributed by atoms with E-state index in [0.717, 1.165) is 29.9 Å². The molecule has 0 aliphatic rings. The van der Waals surface area contributed by atoms with E-state index in [0.29, 0.717) is 28.2 Å². The molecule has 0 heterocycles. The number of unbranched alkanes of at least 4 members (excludes halogenated alkanes) is 8. The number of ether oxygens (including phenoxy) is 1. The summed E-state index contributed by atoms with van der Waals surface area (Å²) in [5.41, 5.74) is 1.75. The molecule has 1 N–H and O–H groups in total. The van der Waals surface area contributed by atoms with Gasteiger partial charge < -0.3 is 14.4 Å². The predicted octanol–water partition coefficient (Wildman–Crippen LogP) is 5.38. The molecule has 0 aromatic heterocycles. The average molecular weight is 603 g/mol. The summed E-state index contributed by atoms with van der Waals surface area (Å²) in [5.74, 6) is 6.76. The summed E-state index contributed by atoms with van der Waals surface area (Å²) in [6.07, 6.45) is 9.52. The first-order valence-electron chi connectivity index (χ1n) is 14.1. The monoisotopic (exact) mass is 602 g/mol. The smallest absolute Gasteiger partial charge is 0.744 e. The maximum atomic E-state index is 12.2. The Morgan fingerprint density at radius 2 is 1.56 bits per heavy atom. The van der Waals surface area contributed by atoms with E-state index in [4.69, 9.17) is 4.74 Å². The average Bonchev–Trinajstić information content (AvgIpc) is 2.95. The standard InChI is InChI=1S/C33H40O5S2.Na/c1-3-5-6-7-8-9-10-11-12-13-18-31(34)30-17-15-14-16-29(30)26-19-24-32(33(25-26)40(35,36)37)39-28-22-20-27(21-23-28)38-4-2;/h14-17,19-25,31,34H,3-12H2,1-2H3,(H,35,36,37);/q;+1/p-1. The van der Waals surface area contributed by atoms with Crippen molar-refractivity contribution in [2.45, 2.75) is 92.4 Å². The Labute approximate surface area is 272 Å². The Bertz CT molecular complexity index is 1380. The molecule has 0 bridgehead atoms. The Balaban J connectivity index is 0.00000588. The number of benzene rings is 3. The van der Waals surface area contributed by atoms with Crippen LogP contribution < -0.4 is 34.3 Å². The van der Waals surface area contributed by atoms with Crippen LogP contribution in [0.15, 0.2) is 81.4 Å². The zero-order valence-corrected chi connectivity index (χ0v) is 28.0. The van der Waals surface area contributed by atoms with Crippen LogP contribution in [0.1, 0.15) is 83.3 Å². The summed E-state index contributed by atoms with van der Waals surface area (Å²) in [5, 5.41) is 10.9. The van der Waals surface area contributed by atoms with Crippen molar-refractivity contribution in [2.24, 2.45) is 0 Å². The maximum Gasteiger partial charge on any atom is 1.00 e. The van der Waals surface area contributed by atoms with Gasteiger partial charge in [0.05, 0.1) is 11.5 Å². The molecule has 1 unspecified atom stereocenters. The Kier molecular flexibility index (Phi) is 16.2. The van der Waals surface area contributed by atoms with Gasteiger partial charge in [-0.05, 0) is 60.9 Å². The van der Waals surface area contributed by atoms with Crippen molar-refractivity contribution in [1.82, 2.24) is 0 Å². The van der Waals surface area contributed by atoms with Crippen LogP contribution in [0, 0.1) is 11.8 Å². The van der Waals surface area contributed by atoms with Gasteiger partial charge in [-0.2, -0.15) is 0 Å². The van der Waals surface area contributed by atoms with Gasteiger partial charge in [-0.3, -0.25) is 0 Å². The van der Waals surface area contributed by atoms with E-state index in [1.54, 1.807) is 36.4 Å². The van der Waals surface area contributed by atoms with E-state index >= 15 is 0 Å². The molecule has 41 heavy (non-hydrogen) atoms. The van der Waals surface area contributed by atoms with E-state index < -0.39 is 16.2 Å². The zero-order chi connectivity index (χ0) is 28.8.